The van der Waals surface area contributed by atoms with E-state index < -0.39 is 0 Å². The Balaban J connectivity index is 2.71. The number of aromatic nitrogens is 3. The number of pyridine rings is 1. The fourth-order valence-corrected chi connectivity index (χ4v) is 1.87. The average Bonchev–Trinajstić information content (AvgIpc) is 2.62. The lowest BCUT2D eigenvalue weighted by Crippen LogP contribution is -2.18. The third kappa shape index (κ3) is 2.04. The van der Waals surface area contributed by atoms with E-state index in [0.29, 0.717) is 5.56 Å². The molecular formula is C12H15N5. The Kier molecular flexibility index (Phi) is 2.67. The van der Waals surface area contributed by atoms with Crippen molar-refractivity contribution < 1.29 is 0 Å². The van der Waals surface area contributed by atoms with E-state index in [1.165, 1.54) is 0 Å². The van der Waals surface area contributed by atoms with Crippen molar-refractivity contribution in [3.8, 4) is 5.69 Å². The van der Waals surface area contributed by atoms with Gasteiger partial charge in [-0.15, -0.1) is 0 Å². The van der Waals surface area contributed by atoms with E-state index in [1.807, 2.05) is 33.0 Å². The third-order valence-corrected chi connectivity index (χ3v) is 2.54. The molecule has 0 unspecified atom stereocenters. The number of nitrogens with one attached hydrogen (secondary N) is 1. The summed E-state index contributed by atoms with van der Waals surface area (Å²) in [5.74, 6) is 0.0122. The minimum absolute atomic E-state index is 0.0122. The lowest BCUT2D eigenvalue weighted by Gasteiger charge is -2.11. The van der Waals surface area contributed by atoms with Crippen molar-refractivity contribution in [1.82, 2.24) is 14.8 Å². The van der Waals surface area contributed by atoms with Crippen LogP contribution >= 0.6 is 0 Å². The molecule has 2 heterocycles. The average molecular weight is 229 g/mol. The summed E-state index contributed by atoms with van der Waals surface area (Å²) in [6, 6.07) is 1.89. The zero-order valence-corrected chi connectivity index (χ0v) is 10.2. The van der Waals surface area contributed by atoms with Crippen molar-refractivity contribution >= 4 is 5.84 Å². The van der Waals surface area contributed by atoms with E-state index in [4.69, 9.17) is 11.1 Å². The van der Waals surface area contributed by atoms with Gasteiger partial charge in [0.05, 0.1) is 23.1 Å². The first-order valence-electron chi connectivity index (χ1n) is 5.33. The van der Waals surface area contributed by atoms with Gasteiger partial charge in [0.25, 0.3) is 0 Å². The molecule has 0 aromatic carbocycles. The van der Waals surface area contributed by atoms with E-state index in [0.717, 1.165) is 22.6 Å². The summed E-state index contributed by atoms with van der Waals surface area (Å²) in [5.41, 5.74) is 9.75. The van der Waals surface area contributed by atoms with Crippen LogP contribution in [-0.4, -0.2) is 20.6 Å². The molecule has 3 N–H and O–H groups in total. The summed E-state index contributed by atoms with van der Waals surface area (Å²) in [5, 5.41) is 11.9. The van der Waals surface area contributed by atoms with Gasteiger partial charge in [0.2, 0.25) is 0 Å². The fourth-order valence-electron chi connectivity index (χ4n) is 1.87. The molecule has 0 bridgehead atoms. The van der Waals surface area contributed by atoms with Gasteiger partial charge in [-0.25, -0.2) is 4.68 Å². The molecule has 0 aliphatic heterocycles. The number of hydrogen-bond donors (Lipinski definition) is 2. The van der Waals surface area contributed by atoms with Crippen LogP contribution in [0, 0.1) is 26.2 Å². The lowest BCUT2D eigenvalue weighted by atomic mass is 10.1. The predicted octanol–water partition coefficient (Wildman–Crippen LogP) is 1.48. The first-order valence-corrected chi connectivity index (χ1v) is 5.33. The SMILES string of the molecule is Cc1cnn(-c2cc(C)nc(C)c2C(=N)N)c1. The molecule has 0 amide bonds. The smallest absolute Gasteiger partial charge is 0.126 e. The highest BCUT2D eigenvalue weighted by atomic mass is 15.3. The monoisotopic (exact) mass is 229 g/mol. The molecule has 5 heteroatoms. The summed E-state index contributed by atoms with van der Waals surface area (Å²) < 4.78 is 1.73. The molecule has 2 aromatic rings. The number of rotatable bonds is 2. The summed E-state index contributed by atoms with van der Waals surface area (Å²) in [6.45, 7) is 5.73. The molecule has 0 radical (unpaired) electrons. The molecule has 0 atom stereocenters. The first-order chi connectivity index (χ1) is 7.99. The van der Waals surface area contributed by atoms with Crippen LogP contribution in [0.25, 0.3) is 5.69 Å². The second kappa shape index (κ2) is 4.01. The van der Waals surface area contributed by atoms with Crippen LogP contribution in [0.1, 0.15) is 22.5 Å². The van der Waals surface area contributed by atoms with Gasteiger partial charge in [-0.05, 0) is 32.4 Å². The van der Waals surface area contributed by atoms with Crippen LogP contribution in [0.15, 0.2) is 18.5 Å². The van der Waals surface area contributed by atoms with Crippen molar-refractivity contribution in [3.05, 3.63) is 41.0 Å². The highest BCUT2D eigenvalue weighted by Crippen LogP contribution is 2.18. The fraction of sp³-hybridized carbons (Fsp3) is 0.250. The van der Waals surface area contributed by atoms with Crippen molar-refractivity contribution in [2.45, 2.75) is 20.8 Å². The summed E-state index contributed by atoms with van der Waals surface area (Å²) in [7, 11) is 0. The molecular weight excluding hydrogens is 214 g/mol. The van der Waals surface area contributed by atoms with E-state index in [1.54, 1.807) is 10.9 Å². The lowest BCUT2D eigenvalue weighted by molar-refractivity contribution is 0.867. The van der Waals surface area contributed by atoms with Gasteiger partial charge in [0.1, 0.15) is 5.84 Å². The van der Waals surface area contributed by atoms with Gasteiger partial charge in [-0.1, -0.05) is 0 Å². The molecule has 2 rings (SSSR count). The normalized spacial score (nSPS) is 10.5. The standard InChI is InChI=1S/C12H15N5/c1-7-5-15-17(6-7)10-4-8(2)16-9(3)11(10)12(13)14/h4-6H,1-3H3,(H3,13,14). The van der Waals surface area contributed by atoms with Crippen LogP contribution in [0.3, 0.4) is 0 Å². The molecule has 88 valence electrons. The van der Waals surface area contributed by atoms with Crippen molar-refractivity contribution in [1.29, 1.82) is 5.41 Å². The van der Waals surface area contributed by atoms with Crippen LogP contribution in [-0.2, 0) is 0 Å². The Morgan fingerprint density at radius 3 is 2.59 bits per heavy atom. The molecule has 17 heavy (non-hydrogen) atoms. The largest absolute Gasteiger partial charge is 0.384 e. The van der Waals surface area contributed by atoms with Gasteiger partial charge < -0.3 is 5.73 Å². The zero-order chi connectivity index (χ0) is 12.6. The second-order valence-corrected chi connectivity index (χ2v) is 4.12. The topological polar surface area (TPSA) is 80.6 Å². The van der Waals surface area contributed by atoms with Crippen molar-refractivity contribution in [2.24, 2.45) is 5.73 Å². The second-order valence-electron chi connectivity index (χ2n) is 4.12. The Bertz CT molecular complexity index is 583. The van der Waals surface area contributed by atoms with Gasteiger partial charge in [0.15, 0.2) is 0 Å². The maximum Gasteiger partial charge on any atom is 0.126 e. The molecule has 2 aromatic heterocycles. The molecule has 0 fully saturated rings. The number of nitrogen functional groups attached to an aromatic ring is 1. The Labute approximate surface area is 99.8 Å². The summed E-state index contributed by atoms with van der Waals surface area (Å²) in [6.07, 6.45) is 3.68. The number of nitrogens with two attached hydrogens (primary N) is 1. The Morgan fingerprint density at radius 2 is 2.06 bits per heavy atom. The number of aryl methyl sites for hydroxylation is 3. The van der Waals surface area contributed by atoms with Crippen molar-refractivity contribution in [3.63, 3.8) is 0 Å². The van der Waals surface area contributed by atoms with E-state index >= 15 is 0 Å². The van der Waals surface area contributed by atoms with E-state index in [9.17, 15) is 0 Å². The van der Waals surface area contributed by atoms with Gasteiger partial charge in [-0.2, -0.15) is 5.10 Å². The Morgan fingerprint density at radius 1 is 1.35 bits per heavy atom. The zero-order valence-electron chi connectivity index (χ0n) is 10.2. The predicted molar refractivity (Wildman–Crippen MR) is 66.6 cm³/mol. The highest BCUT2D eigenvalue weighted by Gasteiger charge is 2.13. The Hall–Kier alpha value is -2.17. The van der Waals surface area contributed by atoms with Crippen molar-refractivity contribution in [2.75, 3.05) is 0 Å². The number of amidine groups is 1. The van der Waals surface area contributed by atoms with Crippen LogP contribution in [0.5, 0.6) is 0 Å². The molecule has 5 nitrogen and oxygen atoms in total. The summed E-state index contributed by atoms with van der Waals surface area (Å²) in [4.78, 5) is 4.33. The quantitative estimate of drug-likeness (QED) is 0.604. The summed E-state index contributed by atoms with van der Waals surface area (Å²) >= 11 is 0. The van der Waals surface area contributed by atoms with E-state index in [-0.39, 0.29) is 5.84 Å². The number of nitrogens with zero attached hydrogens (tertiary/aromatic N) is 3. The van der Waals surface area contributed by atoms with E-state index in [2.05, 4.69) is 10.1 Å². The maximum absolute atomic E-state index is 7.64. The first kappa shape index (κ1) is 11.3. The maximum atomic E-state index is 7.64. The van der Waals surface area contributed by atoms with Gasteiger partial charge in [-0.3, -0.25) is 10.4 Å². The molecule has 0 aliphatic carbocycles. The molecule has 0 saturated carbocycles. The highest BCUT2D eigenvalue weighted by molar-refractivity contribution is 5.99. The van der Waals surface area contributed by atoms with Crippen LogP contribution < -0.4 is 5.73 Å². The van der Waals surface area contributed by atoms with Crippen LogP contribution in [0.4, 0.5) is 0 Å². The van der Waals surface area contributed by atoms with Gasteiger partial charge in [0, 0.05) is 11.9 Å². The minimum Gasteiger partial charge on any atom is -0.384 e. The molecule has 0 saturated heterocycles. The van der Waals surface area contributed by atoms with Gasteiger partial charge >= 0.3 is 0 Å². The minimum atomic E-state index is 0.0122. The number of hydrogen-bond acceptors (Lipinski definition) is 3. The third-order valence-electron chi connectivity index (χ3n) is 2.54. The molecule has 0 spiro atoms. The molecule has 0 aliphatic rings. The van der Waals surface area contributed by atoms with Crippen LogP contribution in [0.2, 0.25) is 0 Å².